The van der Waals surface area contributed by atoms with Crippen molar-refractivity contribution in [3.63, 3.8) is 0 Å². The van der Waals surface area contributed by atoms with Gasteiger partial charge in [-0.05, 0) is 20.9 Å². The van der Waals surface area contributed by atoms with E-state index in [0.717, 1.165) is 6.54 Å². The standard InChI is InChI=1S/C8H17NO/c1-4-5-6-9(3)8(2)7-10/h4-5,8,10H,6-7H2,1-3H3/b5-4+/t8-/m1/s1. The summed E-state index contributed by atoms with van der Waals surface area (Å²) in [5, 5.41) is 8.74. The maximum Gasteiger partial charge on any atom is 0.0584 e. The van der Waals surface area contributed by atoms with E-state index in [1.807, 2.05) is 27.0 Å². The first-order chi connectivity index (χ1) is 4.72. The molecule has 60 valence electrons. The second-order valence-electron chi connectivity index (χ2n) is 2.54. The van der Waals surface area contributed by atoms with Crippen LogP contribution in [0.3, 0.4) is 0 Å². The fraction of sp³-hybridized carbons (Fsp3) is 0.750. The molecule has 0 aliphatic heterocycles. The second-order valence-corrected chi connectivity index (χ2v) is 2.54. The Labute approximate surface area is 63.2 Å². The molecule has 0 saturated carbocycles. The van der Waals surface area contributed by atoms with E-state index in [4.69, 9.17) is 5.11 Å². The number of allylic oxidation sites excluding steroid dienone is 1. The maximum absolute atomic E-state index is 8.74. The molecule has 2 nitrogen and oxygen atoms in total. The van der Waals surface area contributed by atoms with Crippen LogP contribution in [0.5, 0.6) is 0 Å². The molecule has 0 heterocycles. The summed E-state index contributed by atoms with van der Waals surface area (Å²) in [6, 6.07) is 0.260. The van der Waals surface area contributed by atoms with Gasteiger partial charge in [-0.1, -0.05) is 12.2 Å². The van der Waals surface area contributed by atoms with Gasteiger partial charge < -0.3 is 5.11 Å². The maximum atomic E-state index is 8.74. The Morgan fingerprint density at radius 1 is 1.60 bits per heavy atom. The summed E-state index contributed by atoms with van der Waals surface area (Å²) in [4.78, 5) is 2.10. The quantitative estimate of drug-likeness (QED) is 0.590. The molecule has 0 aromatic rings. The van der Waals surface area contributed by atoms with E-state index in [0.29, 0.717) is 0 Å². The van der Waals surface area contributed by atoms with Gasteiger partial charge in [-0.15, -0.1) is 0 Å². The van der Waals surface area contributed by atoms with Crippen LogP contribution in [0.25, 0.3) is 0 Å². The Hall–Kier alpha value is -0.340. The summed E-state index contributed by atoms with van der Waals surface area (Å²) in [6.45, 7) is 5.15. The van der Waals surface area contributed by atoms with Crippen molar-refractivity contribution in [3.8, 4) is 0 Å². The van der Waals surface area contributed by atoms with Gasteiger partial charge in [0.05, 0.1) is 6.61 Å². The van der Waals surface area contributed by atoms with Crippen LogP contribution < -0.4 is 0 Å². The third-order valence-electron chi connectivity index (χ3n) is 1.65. The van der Waals surface area contributed by atoms with E-state index >= 15 is 0 Å². The van der Waals surface area contributed by atoms with Gasteiger partial charge in [0.1, 0.15) is 0 Å². The lowest BCUT2D eigenvalue weighted by Gasteiger charge is -2.20. The summed E-state index contributed by atoms with van der Waals surface area (Å²) in [5.41, 5.74) is 0. The van der Waals surface area contributed by atoms with Gasteiger partial charge in [-0.25, -0.2) is 0 Å². The summed E-state index contributed by atoms with van der Waals surface area (Å²) < 4.78 is 0. The van der Waals surface area contributed by atoms with Crippen molar-refractivity contribution in [3.05, 3.63) is 12.2 Å². The first kappa shape index (κ1) is 9.66. The second kappa shape index (κ2) is 5.45. The van der Waals surface area contributed by atoms with Crippen LogP contribution in [0.15, 0.2) is 12.2 Å². The Bertz CT molecular complexity index is 101. The minimum Gasteiger partial charge on any atom is -0.395 e. The summed E-state index contributed by atoms with van der Waals surface area (Å²) in [6.07, 6.45) is 4.09. The predicted molar refractivity (Wildman–Crippen MR) is 44.0 cm³/mol. The monoisotopic (exact) mass is 143 g/mol. The summed E-state index contributed by atoms with van der Waals surface area (Å²) >= 11 is 0. The molecule has 1 N–H and O–H groups in total. The van der Waals surface area contributed by atoms with Gasteiger partial charge in [0.2, 0.25) is 0 Å². The van der Waals surface area contributed by atoms with E-state index in [1.165, 1.54) is 0 Å². The molecular formula is C8H17NO. The highest BCUT2D eigenvalue weighted by Gasteiger charge is 2.03. The molecule has 0 aromatic heterocycles. The van der Waals surface area contributed by atoms with E-state index in [2.05, 4.69) is 11.0 Å². The lowest BCUT2D eigenvalue weighted by atomic mass is 10.3. The average Bonchev–Trinajstić information content (AvgIpc) is 1.98. The lowest BCUT2D eigenvalue weighted by molar-refractivity contribution is 0.170. The number of hydrogen-bond donors (Lipinski definition) is 1. The van der Waals surface area contributed by atoms with Crippen molar-refractivity contribution in [1.82, 2.24) is 4.90 Å². The Morgan fingerprint density at radius 3 is 2.60 bits per heavy atom. The van der Waals surface area contributed by atoms with Crippen LogP contribution in [0.4, 0.5) is 0 Å². The van der Waals surface area contributed by atoms with Crippen LogP contribution in [-0.4, -0.2) is 36.2 Å². The van der Waals surface area contributed by atoms with Crippen molar-refractivity contribution in [2.24, 2.45) is 0 Å². The van der Waals surface area contributed by atoms with Crippen molar-refractivity contribution in [2.45, 2.75) is 19.9 Å². The minimum absolute atomic E-state index is 0.230. The van der Waals surface area contributed by atoms with Gasteiger partial charge in [-0.3, -0.25) is 4.90 Å². The highest BCUT2D eigenvalue weighted by Crippen LogP contribution is 1.92. The van der Waals surface area contributed by atoms with E-state index in [1.54, 1.807) is 0 Å². The van der Waals surface area contributed by atoms with Gasteiger partial charge in [-0.2, -0.15) is 0 Å². The van der Waals surface area contributed by atoms with Gasteiger partial charge in [0, 0.05) is 12.6 Å². The molecule has 0 aromatic carbocycles. The Morgan fingerprint density at radius 2 is 2.20 bits per heavy atom. The topological polar surface area (TPSA) is 23.5 Å². The molecule has 0 bridgehead atoms. The highest BCUT2D eigenvalue weighted by molar-refractivity contribution is 4.81. The number of aliphatic hydroxyl groups is 1. The zero-order chi connectivity index (χ0) is 7.98. The van der Waals surface area contributed by atoms with Crippen LogP contribution in [-0.2, 0) is 0 Å². The zero-order valence-corrected chi connectivity index (χ0v) is 7.04. The molecular weight excluding hydrogens is 126 g/mol. The normalized spacial score (nSPS) is 14.9. The van der Waals surface area contributed by atoms with Gasteiger partial charge >= 0.3 is 0 Å². The highest BCUT2D eigenvalue weighted by atomic mass is 16.3. The molecule has 0 aliphatic rings. The molecule has 0 aliphatic carbocycles. The van der Waals surface area contributed by atoms with Crippen molar-refractivity contribution < 1.29 is 5.11 Å². The zero-order valence-electron chi connectivity index (χ0n) is 7.04. The molecule has 10 heavy (non-hydrogen) atoms. The molecule has 0 spiro atoms. The average molecular weight is 143 g/mol. The van der Waals surface area contributed by atoms with Crippen molar-refractivity contribution in [1.29, 1.82) is 0 Å². The number of hydrogen-bond acceptors (Lipinski definition) is 2. The first-order valence-corrected chi connectivity index (χ1v) is 3.64. The van der Waals surface area contributed by atoms with Crippen LogP contribution in [0, 0.1) is 0 Å². The SMILES string of the molecule is C/C=C/CN(C)[C@H](C)CO. The molecule has 1 atom stereocenters. The van der Waals surface area contributed by atoms with E-state index in [-0.39, 0.29) is 12.6 Å². The molecule has 0 rings (SSSR count). The number of aliphatic hydroxyl groups excluding tert-OH is 1. The molecule has 0 unspecified atom stereocenters. The third-order valence-corrected chi connectivity index (χ3v) is 1.65. The van der Waals surface area contributed by atoms with Crippen LogP contribution in [0.1, 0.15) is 13.8 Å². The predicted octanol–water partition coefficient (Wildman–Crippen LogP) is 0.875. The minimum atomic E-state index is 0.230. The fourth-order valence-corrected chi connectivity index (χ4v) is 0.591. The van der Waals surface area contributed by atoms with Crippen LogP contribution in [0.2, 0.25) is 0 Å². The molecule has 0 amide bonds. The summed E-state index contributed by atoms with van der Waals surface area (Å²) in [5.74, 6) is 0. The largest absolute Gasteiger partial charge is 0.395 e. The smallest absolute Gasteiger partial charge is 0.0584 e. The summed E-state index contributed by atoms with van der Waals surface area (Å²) in [7, 11) is 2.00. The first-order valence-electron chi connectivity index (χ1n) is 3.64. The molecule has 0 saturated heterocycles. The molecule has 0 fully saturated rings. The Balaban J connectivity index is 3.50. The Kier molecular flexibility index (Phi) is 5.26. The molecule has 2 heteroatoms. The van der Waals surface area contributed by atoms with Gasteiger partial charge in [0.15, 0.2) is 0 Å². The number of rotatable bonds is 4. The third kappa shape index (κ3) is 3.64. The van der Waals surface area contributed by atoms with Crippen molar-refractivity contribution in [2.75, 3.05) is 20.2 Å². The fourth-order valence-electron chi connectivity index (χ4n) is 0.591. The van der Waals surface area contributed by atoms with Crippen LogP contribution >= 0.6 is 0 Å². The van der Waals surface area contributed by atoms with E-state index < -0.39 is 0 Å². The lowest BCUT2D eigenvalue weighted by Crippen LogP contribution is -2.31. The number of nitrogens with zero attached hydrogens (tertiary/aromatic N) is 1. The van der Waals surface area contributed by atoms with Crippen molar-refractivity contribution >= 4 is 0 Å². The molecule has 0 radical (unpaired) electrons. The van der Waals surface area contributed by atoms with Gasteiger partial charge in [0.25, 0.3) is 0 Å². The van der Waals surface area contributed by atoms with E-state index in [9.17, 15) is 0 Å². The number of likely N-dealkylation sites (N-methyl/N-ethyl adjacent to an activating group) is 1.